The van der Waals surface area contributed by atoms with Crippen LogP contribution < -0.4 is 5.32 Å². The minimum Gasteiger partial charge on any atom is -0.340 e. The van der Waals surface area contributed by atoms with E-state index in [0.717, 1.165) is 22.0 Å². The first-order valence-electron chi connectivity index (χ1n) is 10.9. The summed E-state index contributed by atoms with van der Waals surface area (Å²) in [7, 11) is 0. The molecule has 1 saturated heterocycles. The van der Waals surface area contributed by atoms with Gasteiger partial charge in [0.05, 0.1) is 12.5 Å². The highest BCUT2D eigenvalue weighted by molar-refractivity contribution is 5.97. The summed E-state index contributed by atoms with van der Waals surface area (Å²) in [6, 6.07) is 21.9. The lowest BCUT2D eigenvalue weighted by molar-refractivity contribution is -0.133. The first kappa shape index (κ1) is 21.1. The van der Waals surface area contributed by atoms with Crippen LogP contribution in [0, 0.1) is 6.92 Å². The van der Waals surface area contributed by atoms with E-state index >= 15 is 0 Å². The Hall–Kier alpha value is -3.18. The van der Waals surface area contributed by atoms with Crippen molar-refractivity contribution < 1.29 is 9.59 Å². The normalized spacial score (nSPS) is 15.6. The van der Waals surface area contributed by atoms with Gasteiger partial charge in [-0.2, -0.15) is 0 Å². The van der Waals surface area contributed by atoms with Crippen LogP contribution in [0.3, 0.4) is 0 Å². The number of hydrogen-bond acceptors (Lipinski definition) is 3. The Morgan fingerprint density at radius 2 is 1.58 bits per heavy atom. The number of carbonyl (C=O) groups excluding carboxylic acids is 2. The van der Waals surface area contributed by atoms with Crippen molar-refractivity contribution in [1.82, 2.24) is 9.80 Å². The van der Waals surface area contributed by atoms with Crippen LogP contribution in [0.2, 0.25) is 0 Å². The van der Waals surface area contributed by atoms with Gasteiger partial charge in [-0.1, -0.05) is 60.2 Å². The monoisotopic (exact) mass is 415 g/mol. The van der Waals surface area contributed by atoms with E-state index in [1.54, 1.807) is 0 Å². The molecule has 5 heteroatoms. The van der Waals surface area contributed by atoms with E-state index in [9.17, 15) is 9.59 Å². The molecule has 5 nitrogen and oxygen atoms in total. The summed E-state index contributed by atoms with van der Waals surface area (Å²) >= 11 is 0. The van der Waals surface area contributed by atoms with Crippen molar-refractivity contribution in [3.05, 3.63) is 77.9 Å². The fourth-order valence-corrected chi connectivity index (χ4v) is 4.03. The maximum Gasteiger partial charge on any atom is 0.241 e. The smallest absolute Gasteiger partial charge is 0.241 e. The second-order valence-corrected chi connectivity index (χ2v) is 8.31. The lowest BCUT2D eigenvalue weighted by Gasteiger charge is -2.37. The fraction of sp³-hybridized carbons (Fsp3) is 0.308. The molecule has 0 aromatic heterocycles. The second-order valence-electron chi connectivity index (χ2n) is 8.31. The molecule has 1 heterocycles. The van der Waals surface area contributed by atoms with E-state index in [4.69, 9.17) is 0 Å². The lowest BCUT2D eigenvalue weighted by atomic mass is 10.1. The number of hydrogen-bond donors (Lipinski definition) is 1. The topological polar surface area (TPSA) is 52.7 Å². The van der Waals surface area contributed by atoms with Crippen LogP contribution in [0.4, 0.5) is 5.69 Å². The second kappa shape index (κ2) is 9.31. The average molecular weight is 416 g/mol. The Kier molecular flexibility index (Phi) is 6.33. The highest BCUT2D eigenvalue weighted by Crippen LogP contribution is 2.19. The summed E-state index contributed by atoms with van der Waals surface area (Å²) in [4.78, 5) is 29.5. The van der Waals surface area contributed by atoms with Gasteiger partial charge < -0.3 is 10.2 Å². The van der Waals surface area contributed by atoms with Gasteiger partial charge in [-0.05, 0) is 42.3 Å². The van der Waals surface area contributed by atoms with Crippen LogP contribution in [0.25, 0.3) is 10.8 Å². The van der Waals surface area contributed by atoms with Crippen LogP contribution >= 0.6 is 0 Å². The molecule has 1 atom stereocenters. The standard InChI is InChI=1S/C26H29N3O2/c1-19-7-9-21(10-8-19)17-25(30)29-15-13-28(14-16-29)20(2)26(31)27-24-12-11-22-5-3-4-6-23(22)18-24/h3-12,18,20H,13-17H2,1-2H3,(H,27,31). The van der Waals surface area contributed by atoms with Crippen LogP contribution in [-0.4, -0.2) is 53.8 Å². The molecule has 1 aliphatic rings. The third-order valence-corrected chi connectivity index (χ3v) is 6.09. The number of rotatable bonds is 5. The van der Waals surface area contributed by atoms with Gasteiger partial charge in [0, 0.05) is 31.9 Å². The zero-order valence-electron chi connectivity index (χ0n) is 18.2. The zero-order valence-corrected chi connectivity index (χ0v) is 18.2. The summed E-state index contributed by atoms with van der Waals surface area (Å²) < 4.78 is 0. The van der Waals surface area contributed by atoms with Crippen molar-refractivity contribution in [1.29, 1.82) is 0 Å². The van der Waals surface area contributed by atoms with E-state index in [2.05, 4.69) is 16.3 Å². The molecule has 0 radical (unpaired) electrons. The largest absolute Gasteiger partial charge is 0.340 e. The van der Waals surface area contributed by atoms with Gasteiger partial charge in [-0.15, -0.1) is 0 Å². The SMILES string of the molecule is Cc1ccc(CC(=O)N2CCN(C(C)C(=O)Nc3ccc4ccccc4c3)CC2)cc1. The van der Waals surface area contributed by atoms with Crippen molar-refractivity contribution in [3.63, 3.8) is 0 Å². The average Bonchev–Trinajstić information content (AvgIpc) is 2.80. The van der Waals surface area contributed by atoms with Crippen LogP contribution in [0.1, 0.15) is 18.1 Å². The van der Waals surface area contributed by atoms with Crippen LogP contribution in [-0.2, 0) is 16.0 Å². The quantitative estimate of drug-likeness (QED) is 0.688. The Morgan fingerprint density at radius 1 is 0.903 bits per heavy atom. The maximum absolute atomic E-state index is 12.8. The van der Waals surface area contributed by atoms with E-state index in [-0.39, 0.29) is 17.9 Å². The number of anilines is 1. The predicted octanol–water partition coefficient (Wildman–Crippen LogP) is 3.86. The predicted molar refractivity (Wildman–Crippen MR) is 125 cm³/mol. The highest BCUT2D eigenvalue weighted by Gasteiger charge is 2.27. The summed E-state index contributed by atoms with van der Waals surface area (Å²) in [6.45, 7) is 6.68. The van der Waals surface area contributed by atoms with Crippen LogP contribution in [0.5, 0.6) is 0 Å². The molecule has 0 saturated carbocycles. The van der Waals surface area contributed by atoms with E-state index in [1.165, 1.54) is 5.56 Å². The molecule has 1 N–H and O–H groups in total. The summed E-state index contributed by atoms with van der Waals surface area (Å²) in [5.74, 6) is 0.131. The van der Waals surface area contributed by atoms with Gasteiger partial charge in [-0.3, -0.25) is 14.5 Å². The number of fused-ring (bicyclic) bond motifs is 1. The third-order valence-electron chi connectivity index (χ3n) is 6.09. The minimum absolute atomic E-state index is 0.0188. The molecule has 1 unspecified atom stereocenters. The molecule has 0 aliphatic carbocycles. The molecule has 1 fully saturated rings. The maximum atomic E-state index is 12.8. The van der Waals surface area contributed by atoms with Gasteiger partial charge in [-0.25, -0.2) is 0 Å². The molecule has 1 aliphatic heterocycles. The minimum atomic E-state index is -0.249. The Labute approximate surface area is 183 Å². The van der Waals surface area contributed by atoms with Crippen molar-refractivity contribution in [2.75, 3.05) is 31.5 Å². The Bertz CT molecular complexity index is 1070. The van der Waals surface area contributed by atoms with E-state index < -0.39 is 0 Å². The molecular formula is C26H29N3O2. The molecule has 31 heavy (non-hydrogen) atoms. The Balaban J connectivity index is 1.29. The summed E-state index contributed by atoms with van der Waals surface area (Å²) in [5.41, 5.74) is 3.05. The van der Waals surface area contributed by atoms with E-state index in [1.807, 2.05) is 79.4 Å². The van der Waals surface area contributed by atoms with Gasteiger partial charge in [0.15, 0.2) is 0 Å². The number of piperazine rings is 1. The van der Waals surface area contributed by atoms with Gasteiger partial charge in [0.1, 0.15) is 0 Å². The fourth-order valence-electron chi connectivity index (χ4n) is 4.03. The number of amides is 2. The number of aryl methyl sites for hydroxylation is 1. The summed E-state index contributed by atoms with van der Waals surface area (Å²) in [6.07, 6.45) is 0.429. The van der Waals surface area contributed by atoms with Crippen molar-refractivity contribution in [3.8, 4) is 0 Å². The molecular weight excluding hydrogens is 386 g/mol. The number of nitrogens with zero attached hydrogens (tertiary/aromatic N) is 2. The summed E-state index contributed by atoms with van der Waals surface area (Å²) in [5, 5.41) is 5.30. The number of nitrogens with one attached hydrogen (secondary N) is 1. The molecule has 3 aromatic rings. The molecule has 160 valence electrons. The van der Waals surface area contributed by atoms with E-state index in [0.29, 0.717) is 32.6 Å². The molecule has 0 bridgehead atoms. The molecule has 0 spiro atoms. The first-order valence-corrected chi connectivity index (χ1v) is 10.9. The third kappa shape index (κ3) is 5.12. The Morgan fingerprint density at radius 3 is 2.29 bits per heavy atom. The zero-order chi connectivity index (χ0) is 21.8. The molecule has 3 aromatic carbocycles. The number of carbonyl (C=O) groups is 2. The van der Waals surface area contributed by atoms with Crippen molar-refractivity contribution in [2.45, 2.75) is 26.3 Å². The van der Waals surface area contributed by atoms with Crippen molar-refractivity contribution >= 4 is 28.3 Å². The lowest BCUT2D eigenvalue weighted by Crippen LogP contribution is -2.54. The van der Waals surface area contributed by atoms with Crippen LogP contribution in [0.15, 0.2) is 66.7 Å². The van der Waals surface area contributed by atoms with Crippen molar-refractivity contribution in [2.24, 2.45) is 0 Å². The van der Waals surface area contributed by atoms with Gasteiger partial charge in [0.25, 0.3) is 0 Å². The molecule has 4 rings (SSSR count). The number of benzene rings is 3. The highest BCUT2D eigenvalue weighted by atomic mass is 16.2. The molecule has 2 amide bonds. The first-order chi connectivity index (χ1) is 15.0. The van der Waals surface area contributed by atoms with Gasteiger partial charge in [0.2, 0.25) is 11.8 Å². The van der Waals surface area contributed by atoms with Gasteiger partial charge >= 0.3 is 0 Å².